The number of ether oxygens (including phenoxy) is 2. The van der Waals surface area contributed by atoms with Gasteiger partial charge in [-0.15, -0.1) is 5.54 Å². The van der Waals surface area contributed by atoms with Crippen LogP contribution in [0.2, 0.25) is 19.6 Å². The molecule has 0 amide bonds. The Bertz CT molecular complexity index is 234. The maximum absolute atomic E-state index is 5.66. The van der Waals surface area contributed by atoms with Crippen LogP contribution in [0.25, 0.3) is 0 Å². The van der Waals surface area contributed by atoms with E-state index in [0.29, 0.717) is 0 Å². The predicted octanol–water partition coefficient (Wildman–Crippen LogP) is 2.41. The van der Waals surface area contributed by atoms with Crippen molar-refractivity contribution in [3.63, 3.8) is 0 Å². The van der Waals surface area contributed by atoms with Gasteiger partial charge in [-0.25, -0.2) is 0 Å². The van der Waals surface area contributed by atoms with Gasteiger partial charge in [-0.05, 0) is 19.3 Å². The minimum absolute atomic E-state index is 0.0373. The Kier molecular flexibility index (Phi) is 4.18. The van der Waals surface area contributed by atoms with Crippen LogP contribution in [-0.2, 0) is 9.47 Å². The molecule has 0 spiro atoms. The second kappa shape index (κ2) is 4.97. The van der Waals surface area contributed by atoms with Crippen molar-refractivity contribution in [3.05, 3.63) is 0 Å². The molecule has 1 fully saturated rings. The Hall–Kier alpha value is -0.303. The minimum atomic E-state index is -1.26. The molecule has 0 unspecified atom stereocenters. The maximum atomic E-state index is 5.66. The lowest BCUT2D eigenvalue weighted by Gasteiger charge is -2.25. The minimum Gasteiger partial charge on any atom is -0.356 e. The summed E-state index contributed by atoms with van der Waals surface area (Å²) >= 11 is 0. The van der Waals surface area contributed by atoms with E-state index in [9.17, 15) is 0 Å². The van der Waals surface area contributed by atoms with E-state index >= 15 is 0 Å². The van der Waals surface area contributed by atoms with Crippen LogP contribution >= 0.6 is 0 Å². The highest BCUT2D eigenvalue weighted by Gasteiger charge is 2.20. The van der Waals surface area contributed by atoms with E-state index in [-0.39, 0.29) is 12.4 Å². The SMILES string of the molecule is CO[C@@H]1CCC[C@@H](C#C[Si](C)(C)C)O1. The largest absolute Gasteiger partial charge is 0.356 e. The van der Waals surface area contributed by atoms with Crippen LogP contribution in [0.15, 0.2) is 0 Å². The molecule has 3 heteroatoms. The number of rotatable bonds is 1. The lowest BCUT2D eigenvalue weighted by Crippen LogP contribution is -2.28. The third kappa shape index (κ3) is 4.27. The van der Waals surface area contributed by atoms with Crippen molar-refractivity contribution in [2.45, 2.75) is 51.3 Å². The van der Waals surface area contributed by atoms with Crippen LogP contribution in [0.1, 0.15) is 19.3 Å². The predicted molar refractivity (Wildman–Crippen MR) is 60.6 cm³/mol. The summed E-state index contributed by atoms with van der Waals surface area (Å²) in [5.74, 6) is 3.24. The van der Waals surface area contributed by atoms with Crippen molar-refractivity contribution in [2.24, 2.45) is 0 Å². The van der Waals surface area contributed by atoms with Crippen LogP contribution < -0.4 is 0 Å². The summed E-state index contributed by atoms with van der Waals surface area (Å²) in [7, 11) is 0.438. The molecule has 1 heterocycles. The average Bonchev–Trinajstić information content (AvgIpc) is 2.14. The first kappa shape index (κ1) is 11.8. The zero-order valence-corrected chi connectivity index (χ0v) is 10.6. The first-order chi connectivity index (χ1) is 6.51. The Balaban J connectivity index is 2.47. The normalized spacial score (nSPS) is 28.0. The third-order valence-electron chi connectivity index (χ3n) is 2.09. The van der Waals surface area contributed by atoms with Crippen molar-refractivity contribution in [3.8, 4) is 11.5 Å². The van der Waals surface area contributed by atoms with Crippen LogP contribution in [0.4, 0.5) is 0 Å². The lowest BCUT2D eigenvalue weighted by atomic mass is 10.1. The average molecular weight is 212 g/mol. The van der Waals surface area contributed by atoms with E-state index in [0.717, 1.165) is 19.3 Å². The van der Waals surface area contributed by atoms with Crippen molar-refractivity contribution in [2.75, 3.05) is 7.11 Å². The van der Waals surface area contributed by atoms with Gasteiger partial charge in [0, 0.05) is 7.11 Å². The van der Waals surface area contributed by atoms with Gasteiger partial charge in [0.1, 0.15) is 14.2 Å². The highest BCUT2D eigenvalue weighted by molar-refractivity contribution is 6.83. The van der Waals surface area contributed by atoms with E-state index in [2.05, 4.69) is 31.1 Å². The summed E-state index contributed by atoms with van der Waals surface area (Å²) in [6.07, 6.45) is 3.27. The molecule has 2 atom stereocenters. The summed E-state index contributed by atoms with van der Waals surface area (Å²) in [5.41, 5.74) is 3.34. The molecular weight excluding hydrogens is 192 g/mol. The van der Waals surface area contributed by atoms with E-state index in [4.69, 9.17) is 9.47 Å². The van der Waals surface area contributed by atoms with Gasteiger partial charge in [-0.1, -0.05) is 25.6 Å². The summed E-state index contributed by atoms with van der Waals surface area (Å²) in [5, 5.41) is 0. The Morgan fingerprint density at radius 3 is 2.57 bits per heavy atom. The molecule has 0 saturated carbocycles. The van der Waals surface area contributed by atoms with Crippen molar-refractivity contribution < 1.29 is 9.47 Å². The van der Waals surface area contributed by atoms with Crippen LogP contribution in [-0.4, -0.2) is 27.6 Å². The van der Waals surface area contributed by atoms with Crippen molar-refractivity contribution >= 4 is 8.07 Å². The number of hydrogen-bond acceptors (Lipinski definition) is 2. The topological polar surface area (TPSA) is 18.5 Å². The van der Waals surface area contributed by atoms with E-state index in [1.165, 1.54) is 0 Å². The fourth-order valence-corrected chi connectivity index (χ4v) is 1.96. The molecule has 1 aliphatic rings. The summed E-state index contributed by atoms with van der Waals surface area (Å²) in [6, 6.07) is 0. The molecule has 1 rings (SSSR count). The molecule has 0 N–H and O–H groups in total. The Morgan fingerprint density at radius 1 is 1.29 bits per heavy atom. The highest BCUT2D eigenvalue weighted by Crippen LogP contribution is 2.18. The first-order valence-electron chi connectivity index (χ1n) is 5.22. The Labute approximate surface area is 88.0 Å². The molecule has 14 heavy (non-hydrogen) atoms. The zero-order valence-electron chi connectivity index (χ0n) is 9.59. The van der Waals surface area contributed by atoms with Gasteiger partial charge < -0.3 is 9.47 Å². The molecule has 0 aromatic heterocycles. The fourth-order valence-electron chi connectivity index (χ4n) is 1.37. The van der Waals surface area contributed by atoms with Gasteiger partial charge in [-0.3, -0.25) is 0 Å². The smallest absolute Gasteiger partial charge is 0.158 e. The van der Waals surface area contributed by atoms with Gasteiger partial charge in [0.25, 0.3) is 0 Å². The van der Waals surface area contributed by atoms with Crippen molar-refractivity contribution in [1.82, 2.24) is 0 Å². The summed E-state index contributed by atoms with van der Waals surface area (Å²) < 4.78 is 10.8. The molecule has 2 nitrogen and oxygen atoms in total. The van der Waals surface area contributed by atoms with E-state index in [1.807, 2.05) is 0 Å². The van der Waals surface area contributed by atoms with E-state index in [1.54, 1.807) is 7.11 Å². The van der Waals surface area contributed by atoms with Gasteiger partial charge in [0.15, 0.2) is 6.29 Å². The lowest BCUT2D eigenvalue weighted by molar-refractivity contribution is -0.164. The maximum Gasteiger partial charge on any atom is 0.158 e. The molecule has 0 radical (unpaired) electrons. The molecule has 1 aliphatic heterocycles. The number of methoxy groups -OCH3 is 1. The second-order valence-electron chi connectivity index (χ2n) is 4.74. The molecule has 0 aromatic carbocycles. The first-order valence-corrected chi connectivity index (χ1v) is 8.72. The van der Waals surface area contributed by atoms with Crippen molar-refractivity contribution in [1.29, 1.82) is 0 Å². The summed E-state index contributed by atoms with van der Waals surface area (Å²) in [6.45, 7) is 6.74. The molecule has 80 valence electrons. The van der Waals surface area contributed by atoms with Crippen LogP contribution in [0, 0.1) is 11.5 Å². The molecular formula is C11H20O2Si. The van der Waals surface area contributed by atoms with Gasteiger partial charge in [0.2, 0.25) is 0 Å². The van der Waals surface area contributed by atoms with Crippen LogP contribution in [0.5, 0.6) is 0 Å². The third-order valence-corrected chi connectivity index (χ3v) is 2.99. The highest BCUT2D eigenvalue weighted by atomic mass is 28.3. The molecule has 0 aliphatic carbocycles. The molecule has 0 aromatic rings. The monoisotopic (exact) mass is 212 g/mol. The standard InChI is InChI=1S/C11H20O2Si/c1-12-11-7-5-6-10(13-11)8-9-14(2,3)4/h10-11H,5-7H2,1-4H3/t10-,11-/m0/s1. The number of hydrogen-bond donors (Lipinski definition) is 0. The molecule has 0 bridgehead atoms. The van der Waals surface area contributed by atoms with Gasteiger partial charge in [0.05, 0.1) is 0 Å². The second-order valence-corrected chi connectivity index (χ2v) is 9.49. The van der Waals surface area contributed by atoms with Gasteiger partial charge >= 0.3 is 0 Å². The zero-order chi connectivity index (χ0) is 10.6. The van der Waals surface area contributed by atoms with E-state index < -0.39 is 8.07 Å². The van der Waals surface area contributed by atoms with Gasteiger partial charge in [-0.2, -0.15) is 0 Å². The fraction of sp³-hybridized carbons (Fsp3) is 0.818. The van der Waals surface area contributed by atoms with Crippen LogP contribution in [0.3, 0.4) is 0 Å². The Morgan fingerprint density at radius 2 is 2.00 bits per heavy atom. The summed E-state index contributed by atoms with van der Waals surface area (Å²) in [4.78, 5) is 0. The quantitative estimate of drug-likeness (QED) is 0.491. The molecule has 1 saturated heterocycles.